The first-order valence-corrected chi connectivity index (χ1v) is 10.7. The Kier molecular flexibility index (Phi) is 8.53. The second kappa shape index (κ2) is 11.6. The number of nitrogens with one attached hydrogen (secondary N) is 2. The molecule has 2 atom stereocenters. The van der Waals surface area contributed by atoms with E-state index in [0.29, 0.717) is 19.2 Å². The van der Waals surface area contributed by atoms with Crippen LogP contribution in [-0.4, -0.2) is 65.8 Å². The third-order valence-corrected chi connectivity index (χ3v) is 5.04. The van der Waals surface area contributed by atoms with Crippen LogP contribution in [0.5, 0.6) is 0 Å². The van der Waals surface area contributed by atoms with E-state index in [1.54, 1.807) is 0 Å². The number of piperidine rings is 1. The minimum atomic E-state index is -0.637. The number of aryl methyl sites for hydroxylation is 1. The van der Waals surface area contributed by atoms with Crippen molar-refractivity contribution in [2.24, 2.45) is 12.0 Å². The summed E-state index contributed by atoms with van der Waals surface area (Å²) in [7, 11) is 1.94. The summed E-state index contributed by atoms with van der Waals surface area (Å²) in [5.41, 5.74) is 2.25. The number of guanidine groups is 1. The summed E-state index contributed by atoms with van der Waals surface area (Å²) in [6.45, 7) is 5.80. The number of benzene rings is 1. The summed E-state index contributed by atoms with van der Waals surface area (Å²) >= 11 is 0. The van der Waals surface area contributed by atoms with Gasteiger partial charge in [-0.05, 0) is 25.3 Å². The zero-order valence-corrected chi connectivity index (χ0v) is 18.0. The Morgan fingerprint density at radius 2 is 2.20 bits per heavy atom. The van der Waals surface area contributed by atoms with Gasteiger partial charge in [0.25, 0.3) is 0 Å². The van der Waals surface area contributed by atoms with Crippen molar-refractivity contribution in [3.05, 3.63) is 48.3 Å². The Labute approximate surface area is 178 Å². The van der Waals surface area contributed by atoms with Crippen LogP contribution in [0.1, 0.15) is 25.3 Å². The average Bonchev–Trinajstić information content (AvgIpc) is 3.20. The van der Waals surface area contributed by atoms with Gasteiger partial charge >= 0.3 is 0 Å². The number of aliphatic hydroxyl groups excluding tert-OH is 1. The predicted molar refractivity (Wildman–Crippen MR) is 120 cm³/mol. The van der Waals surface area contributed by atoms with E-state index in [1.807, 2.05) is 61.4 Å². The number of hydrogen-bond acceptors (Lipinski definition) is 5. The lowest BCUT2D eigenvalue weighted by molar-refractivity contribution is 0.0331. The standard InChI is InChI=1S/C22H34N6O2/c1-3-23-22(24-13-21(29)17-30-16-18-8-5-4-6-9-18)26-19-10-7-11-28(14-19)20-12-25-27(2)15-20/h4-6,8-9,12,15,19,21,29H,3,7,10-11,13-14,16-17H2,1-2H3,(H2,23,24,26). The zero-order chi connectivity index (χ0) is 21.2. The van der Waals surface area contributed by atoms with E-state index in [4.69, 9.17) is 4.74 Å². The topological polar surface area (TPSA) is 86.9 Å². The fraction of sp³-hybridized carbons (Fsp3) is 0.545. The van der Waals surface area contributed by atoms with Crippen molar-refractivity contribution in [3.8, 4) is 0 Å². The maximum Gasteiger partial charge on any atom is 0.191 e. The molecule has 0 spiro atoms. The molecule has 1 saturated heterocycles. The van der Waals surface area contributed by atoms with Crippen molar-refractivity contribution in [1.29, 1.82) is 0 Å². The van der Waals surface area contributed by atoms with Gasteiger partial charge in [0.05, 0.1) is 37.7 Å². The van der Waals surface area contributed by atoms with Crippen molar-refractivity contribution >= 4 is 11.6 Å². The number of nitrogens with zero attached hydrogens (tertiary/aromatic N) is 4. The number of rotatable bonds is 9. The molecule has 0 radical (unpaired) electrons. The van der Waals surface area contributed by atoms with E-state index in [-0.39, 0.29) is 6.61 Å². The molecule has 0 aliphatic carbocycles. The van der Waals surface area contributed by atoms with E-state index < -0.39 is 6.10 Å². The normalized spacial score (nSPS) is 18.3. The summed E-state index contributed by atoms with van der Waals surface area (Å²) < 4.78 is 7.45. The maximum atomic E-state index is 10.2. The van der Waals surface area contributed by atoms with E-state index >= 15 is 0 Å². The first-order chi connectivity index (χ1) is 14.6. The molecule has 2 heterocycles. The molecule has 8 heteroatoms. The highest BCUT2D eigenvalue weighted by atomic mass is 16.5. The van der Waals surface area contributed by atoms with Gasteiger partial charge in [0, 0.05) is 38.9 Å². The number of aromatic nitrogens is 2. The second-order valence-corrected chi connectivity index (χ2v) is 7.68. The van der Waals surface area contributed by atoms with Crippen LogP contribution >= 0.6 is 0 Å². The van der Waals surface area contributed by atoms with Gasteiger partial charge in [0.1, 0.15) is 0 Å². The van der Waals surface area contributed by atoms with E-state index in [1.165, 1.54) is 0 Å². The van der Waals surface area contributed by atoms with Gasteiger partial charge < -0.3 is 25.4 Å². The SMILES string of the molecule is CCNC(=NCC(O)COCc1ccccc1)NC1CCCN(c2cnn(C)c2)C1. The van der Waals surface area contributed by atoms with Gasteiger partial charge in [-0.1, -0.05) is 30.3 Å². The molecule has 3 rings (SSSR count). The zero-order valence-electron chi connectivity index (χ0n) is 18.0. The van der Waals surface area contributed by atoms with Crippen molar-refractivity contribution in [2.75, 3.05) is 37.7 Å². The fourth-order valence-corrected chi connectivity index (χ4v) is 3.55. The predicted octanol–water partition coefficient (Wildman–Crippen LogP) is 1.52. The quantitative estimate of drug-likeness (QED) is 0.426. The van der Waals surface area contributed by atoms with Crippen molar-refractivity contribution in [2.45, 2.75) is 38.5 Å². The summed E-state index contributed by atoms with van der Waals surface area (Å²) in [5.74, 6) is 0.734. The van der Waals surface area contributed by atoms with Crippen LogP contribution in [0, 0.1) is 0 Å². The minimum absolute atomic E-state index is 0.260. The monoisotopic (exact) mass is 414 g/mol. The Hall–Kier alpha value is -2.58. The minimum Gasteiger partial charge on any atom is -0.389 e. The molecule has 1 aliphatic heterocycles. The Bertz CT molecular complexity index is 779. The van der Waals surface area contributed by atoms with Gasteiger partial charge in [-0.15, -0.1) is 0 Å². The lowest BCUT2D eigenvalue weighted by Crippen LogP contribution is -2.51. The molecule has 2 aromatic rings. The van der Waals surface area contributed by atoms with Crippen molar-refractivity contribution in [1.82, 2.24) is 20.4 Å². The molecule has 8 nitrogen and oxygen atoms in total. The fourth-order valence-electron chi connectivity index (χ4n) is 3.55. The molecule has 164 valence electrons. The average molecular weight is 415 g/mol. The second-order valence-electron chi connectivity index (χ2n) is 7.68. The highest BCUT2D eigenvalue weighted by Crippen LogP contribution is 2.18. The number of hydrogen-bond donors (Lipinski definition) is 3. The molecule has 0 amide bonds. The van der Waals surface area contributed by atoms with Gasteiger partial charge in [-0.2, -0.15) is 5.10 Å². The molecule has 30 heavy (non-hydrogen) atoms. The van der Waals surface area contributed by atoms with Gasteiger partial charge in [-0.25, -0.2) is 0 Å². The van der Waals surface area contributed by atoms with Crippen LogP contribution in [-0.2, 0) is 18.4 Å². The van der Waals surface area contributed by atoms with Gasteiger partial charge in [-0.3, -0.25) is 9.67 Å². The Morgan fingerprint density at radius 1 is 1.37 bits per heavy atom. The largest absolute Gasteiger partial charge is 0.389 e. The van der Waals surface area contributed by atoms with Crippen LogP contribution < -0.4 is 15.5 Å². The molecular weight excluding hydrogens is 380 g/mol. The van der Waals surface area contributed by atoms with E-state index in [2.05, 4.69) is 25.6 Å². The smallest absolute Gasteiger partial charge is 0.191 e. The number of aliphatic hydroxyl groups is 1. The molecular formula is C22H34N6O2. The third kappa shape index (κ3) is 7.03. The summed E-state index contributed by atoms with van der Waals surface area (Å²) in [6, 6.07) is 10.3. The summed E-state index contributed by atoms with van der Waals surface area (Å²) in [6.07, 6.45) is 5.52. The summed E-state index contributed by atoms with van der Waals surface area (Å²) in [5, 5.41) is 21.3. The van der Waals surface area contributed by atoms with Crippen LogP contribution in [0.25, 0.3) is 0 Å². The van der Waals surface area contributed by atoms with Crippen LogP contribution in [0.15, 0.2) is 47.7 Å². The van der Waals surface area contributed by atoms with Gasteiger partial charge in [0.2, 0.25) is 0 Å². The molecule has 1 aromatic carbocycles. The first kappa shape index (κ1) is 22.1. The molecule has 1 aromatic heterocycles. The van der Waals surface area contributed by atoms with Crippen LogP contribution in [0.2, 0.25) is 0 Å². The van der Waals surface area contributed by atoms with Crippen molar-refractivity contribution in [3.63, 3.8) is 0 Å². The first-order valence-electron chi connectivity index (χ1n) is 10.7. The molecule has 1 aliphatic rings. The Morgan fingerprint density at radius 3 is 2.93 bits per heavy atom. The van der Waals surface area contributed by atoms with E-state index in [9.17, 15) is 5.11 Å². The van der Waals surface area contributed by atoms with Crippen LogP contribution in [0.4, 0.5) is 5.69 Å². The van der Waals surface area contributed by atoms with E-state index in [0.717, 1.165) is 49.7 Å². The Balaban J connectivity index is 1.46. The molecule has 1 fully saturated rings. The lowest BCUT2D eigenvalue weighted by atomic mass is 10.1. The number of anilines is 1. The van der Waals surface area contributed by atoms with Crippen molar-refractivity contribution < 1.29 is 9.84 Å². The third-order valence-electron chi connectivity index (χ3n) is 5.04. The van der Waals surface area contributed by atoms with Crippen LogP contribution in [0.3, 0.4) is 0 Å². The lowest BCUT2D eigenvalue weighted by Gasteiger charge is -2.34. The highest BCUT2D eigenvalue weighted by molar-refractivity contribution is 5.80. The number of aliphatic imine (C=N–C) groups is 1. The molecule has 3 N–H and O–H groups in total. The molecule has 2 unspecified atom stereocenters. The maximum absolute atomic E-state index is 10.2. The molecule has 0 bridgehead atoms. The highest BCUT2D eigenvalue weighted by Gasteiger charge is 2.22. The van der Waals surface area contributed by atoms with Gasteiger partial charge in [0.15, 0.2) is 5.96 Å². The summed E-state index contributed by atoms with van der Waals surface area (Å²) in [4.78, 5) is 6.92. The number of ether oxygens (including phenoxy) is 1. The molecule has 0 saturated carbocycles.